The van der Waals surface area contributed by atoms with Crippen molar-refractivity contribution in [2.45, 2.75) is 0 Å². The summed E-state index contributed by atoms with van der Waals surface area (Å²) in [5.41, 5.74) is 0. The zero-order valence-electron chi connectivity index (χ0n) is 9.33. The largest absolute Gasteiger partial charge is 3.00 e. The molecule has 14 heteroatoms. The molecule has 13 nitrogen and oxygen atoms in total. The standard InChI is InChI=1S/3C2H2O4.Fe.H3N/c3*3-1(4)2(5)6;;/h3*(H,3,4)(H,5,6);;1H3/q;;;+3;/p-3. The molecule has 1 radical (unpaired) electrons. The maximum absolute atomic E-state index is 9.10. The average Bonchev–Trinajstić information content (AvgIpc) is 2.18. The van der Waals surface area contributed by atoms with E-state index in [1.54, 1.807) is 0 Å². The molecule has 0 atom stereocenters. The summed E-state index contributed by atoms with van der Waals surface area (Å²) < 4.78 is 0. The molecule has 0 heterocycles. The van der Waals surface area contributed by atoms with Gasteiger partial charge in [0.25, 0.3) is 0 Å². The first-order chi connectivity index (χ1) is 7.93. The van der Waals surface area contributed by atoms with Crippen LogP contribution in [0.4, 0.5) is 0 Å². The van der Waals surface area contributed by atoms with E-state index in [1.807, 2.05) is 0 Å². The molecule has 0 aliphatic carbocycles. The molecular formula is C6H6FeNO12. The molecule has 0 aromatic heterocycles. The third kappa shape index (κ3) is 36.2. The Balaban J connectivity index is -0.0000000536. The Morgan fingerprint density at radius 1 is 0.550 bits per heavy atom. The van der Waals surface area contributed by atoms with Crippen LogP contribution >= 0.6 is 0 Å². The molecule has 20 heavy (non-hydrogen) atoms. The normalized spacial score (nSPS) is 6.60. The van der Waals surface area contributed by atoms with Gasteiger partial charge in [-0.25, -0.2) is 9.59 Å². The van der Waals surface area contributed by atoms with Crippen molar-refractivity contribution in [3.05, 3.63) is 0 Å². The van der Waals surface area contributed by atoms with Crippen molar-refractivity contribution < 1.29 is 76.5 Å². The maximum Gasteiger partial charge on any atom is 3.00 e. The summed E-state index contributed by atoms with van der Waals surface area (Å²) in [6, 6.07) is 0. The second-order valence-corrected chi connectivity index (χ2v) is 1.76. The van der Waals surface area contributed by atoms with E-state index in [2.05, 4.69) is 0 Å². The zero-order valence-corrected chi connectivity index (χ0v) is 10.4. The number of rotatable bonds is 0. The van der Waals surface area contributed by atoms with Crippen molar-refractivity contribution >= 4 is 35.8 Å². The van der Waals surface area contributed by atoms with Crippen LogP contribution in [-0.2, 0) is 45.8 Å². The Morgan fingerprint density at radius 2 is 0.650 bits per heavy atom. The monoisotopic (exact) mass is 340 g/mol. The summed E-state index contributed by atoms with van der Waals surface area (Å²) >= 11 is 0. The van der Waals surface area contributed by atoms with Crippen LogP contribution in [0.15, 0.2) is 0 Å². The van der Waals surface area contributed by atoms with E-state index in [0.29, 0.717) is 0 Å². The molecule has 0 fully saturated rings. The smallest absolute Gasteiger partial charge is 0.543 e. The molecule has 0 bridgehead atoms. The summed E-state index contributed by atoms with van der Waals surface area (Å²) in [5.74, 6) is -12.4. The maximum atomic E-state index is 9.10. The van der Waals surface area contributed by atoms with Crippen LogP contribution in [-0.4, -0.2) is 46.0 Å². The number of carboxylic acid groups (broad SMARTS) is 6. The van der Waals surface area contributed by atoms with E-state index in [9.17, 15) is 0 Å². The second kappa shape index (κ2) is 16.3. The Hall–Kier alpha value is -2.70. The minimum absolute atomic E-state index is 0. The van der Waals surface area contributed by atoms with Gasteiger partial charge in [0.2, 0.25) is 0 Å². The van der Waals surface area contributed by atoms with Gasteiger partial charge in [0.15, 0.2) is 0 Å². The summed E-state index contributed by atoms with van der Waals surface area (Å²) in [6.07, 6.45) is 0. The van der Waals surface area contributed by atoms with Crippen molar-refractivity contribution in [1.82, 2.24) is 6.15 Å². The molecule has 6 N–H and O–H groups in total. The van der Waals surface area contributed by atoms with Crippen LogP contribution in [0.1, 0.15) is 0 Å². The molecule has 0 saturated carbocycles. The number of carboxylic acids is 6. The van der Waals surface area contributed by atoms with E-state index < -0.39 is 35.8 Å². The Kier molecular flexibility index (Phi) is 24.8. The molecule has 115 valence electrons. The van der Waals surface area contributed by atoms with Gasteiger partial charge in [-0.3, -0.25) is 0 Å². The quantitative estimate of drug-likeness (QED) is 0.274. The van der Waals surface area contributed by atoms with E-state index in [4.69, 9.17) is 59.4 Å². The topological polar surface area (TPSA) is 272 Å². The van der Waals surface area contributed by atoms with Crippen LogP contribution < -0.4 is 26.6 Å². The number of aliphatic carboxylic acids is 6. The van der Waals surface area contributed by atoms with Gasteiger partial charge >= 0.3 is 29.0 Å². The van der Waals surface area contributed by atoms with Crippen molar-refractivity contribution in [2.75, 3.05) is 0 Å². The zero-order chi connectivity index (χ0) is 15.5. The van der Waals surface area contributed by atoms with Crippen LogP contribution in [0, 0.1) is 0 Å². The molecule has 0 aromatic carbocycles. The number of carbonyl (C=O) groups excluding carboxylic acids is 4. The number of hydrogen-bond donors (Lipinski definition) is 3. The van der Waals surface area contributed by atoms with Crippen molar-refractivity contribution in [3.8, 4) is 0 Å². The summed E-state index contributed by atoms with van der Waals surface area (Å²) in [5, 5.41) is 50.5. The van der Waals surface area contributed by atoms with Crippen LogP contribution in [0.2, 0.25) is 0 Å². The minimum Gasteiger partial charge on any atom is -0.543 e. The van der Waals surface area contributed by atoms with Crippen molar-refractivity contribution in [1.29, 1.82) is 0 Å². The molecule has 0 aromatic rings. The second-order valence-electron chi connectivity index (χ2n) is 1.76. The number of quaternary nitrogens is 1. The van der Waals surface area contributed by atoms with Gasteiger partial charge in [0.05, 0.1) is 23.9 Å². The number of hydrogen-bond acceptors (Lipinski definition) is 10. The van der Waals surface area contributed by atoms with E-state index in [1.165, 1.54) is 0 Å². The molecule has 0 aliphatic rings. The first-order valence-electron chi connectivity index (χ1n) is 3.24. The van der Waals surface area contributed by atoms with Gasteiger partial charge in [0.1, 0.15) is 0 Å². The van der Waals surface area contributed by atoms with Gasteiger partial charge in [-0.1, -0.05) is 0 Å². The van der Waals surface area contributed by atoms with Gasteiger partial charge in [0, 0.05) is 0 Å². The molecule has 0 unspecified atom stereocenters. The molecule has 0 saturated heterocycles. The molecule has 0 rings (SSSR count). The average molecular weight is 340 g/mol. The van der Waals surface area contributed by atoms with Gasteiger partial charge in [-0.15, -0.1) is 0 Å². The SMILES string of the molecule is O=C(O)C(=O)O.O=C([O-])C(=O)[O-].O=C([O-])C(=O)[O-].[Fe+3].[NH4+]. The van der Waals surface area contributed by atoms with Crippen LogP contribution in [0.25, 0.3) is 0 Å². The fraction of sp³-hybridized carbons (Fsp3) is 0. The predicted octanol–water partition coefficient (Wildman–Crippen LogP) is -7.50. The first kappa shape index (κ1) is 30.4. The number of carbonyl (C=O) groups is 6. The third-order valence-electron chi connectivity index (χ3n) is 0.516. The summed E-state index contributed by atoms with van der Waals surface area (Å²) in [4.78, 5) is 53.9. The molecule has 0 aliphatic heterocycles. The first-order valence-corrected chi connectivity index (χ1v) is 3.24. The molecule has 0 amide bonds. The fourth-order valence-corrected chi connectivity index (χ4v) is 0. The van der Waals surface area contributed by atoms with Crippen LogP contribution in [0.5, 0.6) is 0 Å². The predicted molar refractivity (Wildman–Crippen MR) is 41.3 cm³/mol. The minimum atomic E-state index is -2.19. The van der Waals surface area contributed by atoms with Gasteiger partial charge in [-0.2, -0.15) is 0 Å². The third-order valence-corrected chi connectivity index (χ3v) is 0.516. The van der Waals surface area contributed by atoms with Crippen LogP contribution in [0.3, 0.4) is 0 Å². The summed E-state index contributed by atoms with van der Waals surface area (Å²) in [7, 11) is 0. The van der Waals surface area contributed by atoms with Gasteiger partial charge < -0.3 is 56.0 Å². The Bertz CT molecular complexity index is 283. The Labute approximate surface area is 119 Å². The van der Waals surface area contributed by atoms with E-state index in [-0.39, 0.29) is 23.2 Å². The molecule has 0 spiro atoms. The van der Waals surface area contributed by atoms with E-state index in [0.717, 1.165) is 0 Å². The van der Waals surface area contributed by atoms with Gasteiger partial charge in [-0.05, 0) is 0 Å². The summed E-state index contributed by atoms with van der Waals surface area (Å²) in [6.45, 7) is 0. The fourth-order valence-electron chi connectivity index (χ4n) is 0. The van der Waals surface area contributed by atoms with Crippen molar-refractivity contribution in [3.63, 3.8) is 0 Å². The van der Waals surface area contributed by atoms with E-state index >= 15 is 0 Å². The van der Waals surface area contributed by atoms with Crippen molar-refractivity contribution in [2.24, 2.45) is 0 Å². The Morgan fingerprint density at radius 3 is 0.650 bits per heavy atom. The molecular weight excluding hydrogens is 334 g/mol.